The van der Waals surface area contributed by atoms with Gasteiger partial charge in [0.1, 0.15) is 5.69 Å². The first-order valence-corrected chi connectivity index (χ1v) is 6.82. The molecule has 0 aliphatic rings. The smallest absolute Gasteiger partial charge is 0.293 e. The second kappa shape index (κ2) is 7.47. The summed E-state index contributed by atoms with van der Waals surface area (Å²) in [6.07, 6.45) is 1.85. The largest absolute Gasteiger partial charge is 0.380 e. The number of hydrogen-bond acceptors (Lipinski definition) is 4. The molecule has 0 radical (unpaired) electrons. The van der Waals surface area contributed by atoms with Crippen LogP contribution < -0.4 is 10.6 Å². The monoisotopic (exact) mass is 279 g/mol. The highest BCUT2D eigenvalue weighted by Crippen LogP contribution is 2.25. The van der Waals surface area contributed by atoms with E-state index in [1.807, 2.05) is 20.8 Å². The van der Waals surface area contributed by atoms with E-state index in [4.69, 9.17) is 0 Å². The van der Waals surface area contributed by atoms with E-state index in [0.29, 0.717) is 17.8 Å². The summed E-state index contributed by atoms with van der Waals surface area (Å²) < 4.78 is 0. The first kappa shape index (κ1) is 15.9. The lowest BCUT2D eigenvalue weighted by molar-refractivity contribution is -0.384. The van der Waals surface area contributed by atoms with Gasteiger partial charge >= 0.3 is 0 Å². The number of hydrogen-bond donors (Lipinski definition) is 2. The van der Waals surface area contributed by atoms with Gasteiger partial charge in [-0.25, -0.2) is 0 Å². The molecule has 0 fully saturated rings. The summed E-state index contributed by atoms with van der Waals surface area (Å²) in [6.45, 7) is 6.40. The fourth-order valence-corrected chi connectivity index (χ4v) is 1.98. The summed E-state index contributed by atoms with van der Waals surface area (Å²) in [5, 5.41) is 16.8. The predicted molar refractivity (Wildman–Crippen MR) is 79.1 cm³/mol. The maximum Gasteiger partial charge on any atom is 0.293 e. The zero-order valence-corrected chi connectivity index (χ0v) is 12.1. The van der Waals surface area contributed by atoms with Gasteiger partial charge in [-0.15, -0.1) is 0 Å². The first-order valence-electron chi connectivity index (χ1n) is 6.82. The minimum Gasteiger partial charge on any atom is -0.380 e. The minimum absolute atomic E-state index is 0.0556. The average Bonchev–Trinajstić information content (AvgIpc) is 2.39. The average molecular weight is 279 g/mol. The van der Waals surface area contributed by atoms with Crippen LogP contribution in [-0.4, -0.2) is 23.4 Å². The topological polar surface area (TPSA) is 84.3 Å². The van der Waals surface area contributed by atoms with Crippen LogP contribution in [0.25, 0.3) is 0 Å². The maximum atomic E-state index is 12.0. The number of nitrogens with one attached hydrogen (secondary N) is 2. The third-order valence-corrected chi connectivity index (χ3v) is 2.92. The number of nitrogens with zero attached hydrogens (tertiary/aromatic N) is 1. The molecule has 0 aliphatic carbocycles. The number of nitro groups is 1. The van der Waals surface area contributed by atoms with Crippen LogP contribution in [0.1, 0.15) is 44.0 Å². The second-order valence-corrected chi connectivity index (χ2v) is 4.68. The predicted octanol–water partition coefficient (Wildman–Crippen LogP) is 2.95. The van der Waals surface area contributed by atoms with Gasteiger partial charge in [-0.05, 0) is 32.4 Å². The Bertz CT molecular complexity index is 489. The first-order chi connectivity index (χ1) is 9.49. The van der Waals surface area contributed by atoms with Crippen LogP contribution in [0.3, 0.4) is 0 Å². The van der Waals surface area contributed by atoms with Crippen LogP contribution in [0.15, 0.2) is 18.2 Å². The number of carbonyl (C=O) groups excluding carboxylic acids is 1. The summed E-state index contributed by atoms with van der Waals surface area (Å²) in [7, 11) is 0. The maximum absolute atomic E-state index is 12.0. The zero-order valence-electron chi connectivity index (χ0n) is 12.1. The zero-order chi connectivity index (χ0) is 15.1. The van der Waals surface area contributed by atoms with Crippen molar-refractivity contribution in [1.29, 1.82) is 0 Å². The van der Waals surface area contributed by atoms with Crippen LogP contribution in [0, 0.1) is 10.1 Å². The van der Waals surface area contributed by atoms with Crippen molar-refractivity contribution in [1.82, 2.24) is 5.32 Å². The van der Waals surface area contributed by atoms with Crippen molar-refractivity contribution in [3.05, 3.63) is 33.9 Å². The Morgan fingerprint density at radius 1 is 1.40 bits per heavy atom. The van der Waals surface area contributed by atoms with Crippen molar-refractivity contribution in [3.63, 3.8) is 0 Å². The lowest BCUT2D eigenvalue weighted by Crippen LogP contribution is -2.32. The number of rotatable bonds is 7. The normalized spacial score (nSPS) is 11.8. The van der Waals surface area contributed by atoms with Crippen molar-refractivity contribution < 1.29 is 9.72 Å². The molecule has 0 spiro atoms. The molecule has 0 bridgehead atoms. The molecule has 1 unspecified atom stereocenters. The molecule has 6 heteroatoms. The standard InChI is InChI=1S/C14H21N3O3/c1-4-6-10(3)16-14(18)11-7-8-12(15-5-2)13(9-11)17(19)20/h7-10,15H,4-6H2,1-3H3,(H,16,18). The molecule has 1 rings (SSSR count). The van der Waals surface area contributed by atoms with Crippen molar-refractivity contribution in [2.24, 2.45) is 0 Å². The number of amides is 1. The number of benzene rings is 1. The van der Waals surface area contributed by atoms with Crippen LogP contribution >= 0.6 is 0 Å². The van der Waals surface area contributed by atoms with Crippen molar-refractivity contribution >= 4 is 17.3 Å². The Labute approximate surface area is 118 Å². The van der Waals surface area contributed by atoms with Gasteiger partial charge in [0.15, 0.2) is 0 Å². The molecule has 110 valence electrons. The highest BCUT2D eigenvalue weighted by molar-refractivity contribution is 5.95. The van der Waals surface area contributed by atoms with E-state index in [-0.39, 0.29) is 17.6 Å². The molecule has 1 aromatic rings. The van der Waals surface area contributed by atoms with Crippen molar-refractivity contribution in [2.45, 2.75) is 39.7 Å². The molecule has 1 atom stereocenters. The molecule has 6 nitrogen and oxygen atoms in total. The van der Waals surface area contributed by atoms with Crippen LogP contribution in [0.2, 0.25) is 0 Å². The van der Waals surface area contributed by atoms with E-state index in [2.05, 4.69) is 10.6 Å². The molecular weight excluding hydrogens is 258 g/mol. The highest BCUT2D eigenvalue weighted by Gasteiger charge is 2.17. The van der Waals surface area contributed by atoms with Gasteiger partial charge in [0.25, 0.3) is 11.6 Å². The van der Waals surface area contributed by atoms with Crippen LogP contribution in [-0.2, 0) is 0 Å². The summed E-state index contributed by atoms with van der Waals surface area (Å²) in [6, 6.07) is 4.53. The summed E-state index contributed by atoms with van der Waals surface area (Å²) in [5.41, 5.74) is 0.652. The molecular formula is C14H21N3O3. The van der Waals surface area contributed by atoms with Gasteiger partial charge in [-0.3, -0.25) is 14.9 Å². The van der Waals surface area contributed by atoms with E-state index in [9.17, 15) is 14.9 Å². The Morgan fingerprint density at radius 3 is 2.65 bits per heavy atom. The third kappa shape index (κ3) is 4.22. The quantitative estimate of drug-likeness (QED) is 0.593. The molecule has 0 saturated carbocycles. The Balaban J connectivity index is 2.93. The van der Waals surface area contributed by atoms with Gasteiger partial charge in [0.05, 0.1) is 4.92 Å². The van der Waals surface area contributed by atoms with E-state index in [1.165, 1.54) is 6.07 Å². The SMILES string of the molecule is CCCC(C)NC(=O)c1ccc(NCC)c([N+](=O)[O-])c1. The van der Waals surface area contributed by atoms with Gasteiger partial charge in [-0.2, -0.15) is 0 Å². The molecule has 0 saturated heterocycles. The van der Waals surface area contributed by atoms with E-state index in [0.717, 1.165) is 12.8 Å². The van der Waals surface area contributed by atoms with Gasteiger partial charge in [0, 0.05) is 24.2 Å². The lowest BCUT2D eigenvalue weighted by Gasteiger charge is -2.13. The van der Waals surface area contributed by atoms with E-state index < -0.39 is 4.92 Å². The molecule has 20 heavy (non-hydrogen) atoms. The third-order valence-electron chi connectivity index (χ3n) is 2.92. The molecule has 1 aromatic carbocycles. The molecule has 0 heterocycles. The van der Waals surface area contributed by atoms with E-state index >= 15 is 0 Å². The minimum atomic E-state index is -0.482. The fourth-order valence-electron chi connectivity index (χ4n) is 1.98. The number of anilines is 1. The van der Waals surface area contributed by atoms with E-state index in [1.54, 1.807) is 12.1 Å². The Kier molecular flexibility index (Phi) is 5.96. The Hall–Kier alpha value is -2.11. The summed E-state index contributed by atoms with van der Waals surface area (Å²) in [5.74, 6) is -0.280. The summed E-state index contributed by atoms with van der Waals surface area (Å²) >= 11 is 0. The van der Waals surface area contributed by atoms with Crippen molar-refractivity contribution in [2.75, 3.05) is 11.9 Å². The van der Waals surface area contributed by atoms with Crippen LogP contribution in [0.4, 0.5) is 11.4 Å². The molecule has 1 amide bonds. The van der Waals surface area contributed by atoms with Crippen molar-refractivity contribution in [3.8, 4) is 0 Å². The number of carbonyl (C=O) groups is 1. The van der Waals surface area contributed by atoms with Gasteiger partial charge < -0.3 is 10.6 Å². The molecule has 0 aliphatic heterocycles. The fraction of sp³-hybridized carbons (Fsp3) is 0.500. The lowest BCUT2D eigenvalue weighted by atomic mass is 10.1. The summed E-state index contributed by atoms with van der Waals surface area (Å²) in [4.78, 5) is 22.6. The van der Waals surface area contributed by atoms with Gasteiger partial charge in [0.2, 0.25) is 0 Å². The van der Waals surface area contributed by atoms with Gasteiger partial charge in [-0.1, -0.05) is 13.3 Å². The second-order valence-electron chi connectivity index (χ2n) is 4.68. The molecule has 2 N–H and O–H groups in total. The molecule has 0 aromatic heterocycles. The highest BCUT2D eigenvalue weighted by atomic mass is 16.6. The number of nitro benzene ring substituents is 1. The van der Waals surface area contributed by atoms with Crippen LogP contribution in [0.5, 0.6) is 0 Å². The Morgan fingerprint density at radius 2 is 2.10 bits per heavy atom.